The van der Waals surface area contributed by atoms with E-state index in [2.05, 4.69) is 15.2 Å². The summed E-state index contributed by atoms with van der Waals surface area (Å²) in [5, 5.41) is 14.3. The first-order valence-electron chi connectivity index (χ1n) is 7.84. The van der Waals surface area contributed by atoms with Crippen molar-refractivity contribution in [3.8, 4) is 0 Å². The number of rotatable bonds is 6. The molecule has 0 spiro atoms. The highest BCUT2D eigenvalue weighted by Crippen LogP contribution is 2.27. The summed E-state index contributed by atoms with van der Waals surface area (Å²) in [7, 11) is 1.74. The van der Waals surface area contributed by atoms with Crippen molar-refractivity contribution in [2.75, 3.05) is 25.0 Å². The van der Waals surface area contributed by atoms with Crippen molar-refractivity contribution in [1.29, 1.82) is 0 Å². The highest BCUT2D eigenvalue weighted by molar-refractivity contribution is 5.52. The van der Waals surface area contributed by atoms with E-state index < -0.39 is 4.92 Å². The Kier molecular flexibility index (Phi) is 4.61. The zero-order valence-corrected chi connectivity index (χ0v) is 13.1. The predicted molar refractivity (Wildman–Crippen MR) is 85.2 cm³/mol. The summed E-state index contributed by atoms with van der Waals surface area (Å²) in [6.07, 6.45) is 6.70. The van der Waals surface area contributed by atoms with Crippen molar-refractivity contribution >= 4 is 11.6 Å². The van der Waals surface area contributed by atoms with Gasteiger partial charge in [-0.05, 0) is 48.0 Å². The normalized spacial score (nSPS) is 17.1. The third-order valence-electron chi connectivity index (χ3n) is 4.26. The van der Waals surface area contributed by atoms with Crippen LogP contribution in [0.4, 0.5) is 11.6 Å². The minimum Gasteiger partial charge on any atom is -0.468 e. The molecule has 2 aromatic rings. The molecule has 8 heteroatoms. The van der Waals surface area contributed by atoms with Crippen molar-refractivity contribution in [1.82, 2.24) is 14.5 Å². The molecule has 1 atom stereocenters. The van der Waals surface area contributed by atoms with Crippen LogP contribution < -0.4 is 5.32 Å². The van der Waals surface area contributed by atoms with E-state index in [0.29, 0.717) is 12.4 Å². The lowest BCUT2D eigenvalue weighted by Gasteiger charge is -2.33. The maximum atomic E-state index is 11.1. The number of nitrogens with zero attached hydrogens (tertiary/aromatic N) is 4. The van der Waals surface area contributed by atoms with Crippen LogP contribution >= 0.6 is 0 Å². The van der Waals surface area contributed by atoms with Gasteiger partial charge < -0.3 is 19.8 Å². The highest BCUT2D eigenvalue weighted by atomic mass is 16.6. The Morgan fingerprint density at radius 2 is 2.22 bits per heavy atom. The van der Waals surface area contributed by atoms with Crippen LogP contribution in [0, 0.1) is 10.1 Å². The van der Waals surface area contributed by atoms with Crippen LogP contribution in [0.5, 0.6) is 0 Å². The molecule has 2 aromatic heterocycles. The molecular weight excluding hydrogens is 298 g/mol. The number of piperidine rings is 1. The monoisotopic (exact) mass is 319 g/mol. The lowest BCUT2D eigenvalue weighted by molar-refractivity contribution is -0.388. The number of anilines is 1. The Morgan fingerprint density at radius 3 is 2.87 bits per heavy atom. The number of hydrogen-bond donors (Lipinski definition) is 1. The van der Waals surface area contributed by atoms with Crippen LogP contribution in [0.1, 0.15) is 31.1 Å². The zero-order chi connectivity index (χ0) is 16.2. The van der Waals surface area contributed by atoms with E-state index in [1.54, 1.807) is 17.9 Å². The smallest absolute Gasteiger partial charge is 0.406 e. The third-order valence-corrected chi connectivity index (χ3v) is 4.26. The second-order valence-corrected chi connectivity index (χ2v) is 5.79. The van der Waals surface area contributed by atoms with Gasteiger partial charge in [-0.15, -0.1) is 0 Å². The summed E-state index contributed by atoms with van der Waals surface area (Å²) in [4.78, 5) is 16.8. The molecule has 124 valence electrons. The number of imidazole rings is 1. The van der Waals surface area contributed by atoms with Crippen molar-refractivity contribution in [3.05, 3.63) is 40.6 Å². The van der Waals surface area contributed by atoms with E-state index in [-0.39, 0.29) is 11.9 Å². The van der Waals surface area contributed by atoms with Crippen LogP contribution in [0.25, 0.3) is 0 Å². The van der Waals surface area contributed by atoms with Crippen LogP contribution in [0.3, 0.4) is 0 Å². The third kappa shape index (κ3) is 3.37. The van der Waals surface area contributed by atoms with E-state index in [4.69, 9.17) is 4.42 Å². The Balaban J connectivity index is 1.77. The zero-order valence-electron chi connectivity index (χ0n) is 13.1. The molecule has 1 unspecified atom stereocenters. The van der Waals surface area contributed by atoms with Crippen molar-refractivity contribution in [2.45, 2.75) is 25.3 Å². The molecule has 0 aromatic carbocycles. The van der Waals surface area contributed by atoms with Gasteiger partial charge in [0, 0.05) is 13.6 Å². The fraction of sp³-hybridized carbons (Fsp3) is 0.533. The van der Waals surface area contributed by atoms with Crippen molar-refractivity contribution < 1.29 is 9.34 Å². The van der Waals surface area contributed by atoms with Gasteiger partial charge in [0.2, 0.25) is 12.1 Å². The van der Waals surface area contributed by atoms with Crippen LogP contribution in [0.15, 0.2) is 29.1 Å². The Labute approximate surface area is 134 Å². The van der Waals surface area contributed by atoms with E-state index in [1.807, 2.05) is 12.1 Å². The number of nitrogens with one attached hydrogen (secondary N) is 1. The minimum atomic E-state index is -0.467. The number of aryl methyl sites for hydroxylation is 1. The Bertz CT molecular complexity index is 646. The largest absolute Gasteiger partial charge is 0.468 e. The van der Waals surface area contributed by atoms with E-state index in [1.165, 1.54) is 25.6 Å². The quantitative estimate of drug-likeness (QED) is 0.650. The number of furan rings is 1. The van der Waals surface area contributed by atoms with Crippen LogP contribution in [-0.2, 0) is 7.05 Å². The number of hydrogen-bond acceptors (Lipinski definition) is 6. The molecule has 1 aliphatic heterocycles. The van der Waals surface area contributed by atoms with Gasteiger partial charge in [0.1, 0.15) is 5.76 Å². The first-order valence-corrected chi connectivity index (χ1v) is 7.84. The van der Waals surface area contributed by atoms with Crippen molar-refractivity contribution in [3.63, 3.8) is 0 Å². The fourth-order valence-electron chi connectivity index (χ4n) is 3.07. The van der Waals surface area contributed by atoms with Crippen molar-refractivity contribution in [2.24, 2.45) is 7.05 Å². The lowest BCUT2D eigenvalue weighted by Crippen LogP contribution is -2.37. The molecule has 0 amide bonds. The summed E-state index contributed by atoms with van der Waals surface area (Å²) in [5.41, 5.74) is 0. The maximum absolute atomic E-state index is 11.1. The Hall–Kier alpha value is -2.35. The topological polar surface area (TPSA) is 89.4 Å². The second kappa shape index (κ2) is 6.82. The number of nitro groups is 1. The van der Waals surface area contributed by atoms with Gasteiger partial charge >= 0.3 is 5.82 Å². The van der Waals surface area contributed by atoms with E-state index >= 15 is 0 Å². The van der Waals surface area contributed by atoms with Gasteiger partial charge in [0.15, 0.2) is 0 Å². The van der Waals surface area contributed by atoms with Crippen LogP contribution in [0.2, 0.25) is 0 Å². The van der Waals surface area contributed by atoms with E-state index in [9.17, 15) is 10.1 Å². The van der Waals surface area contributed by atoms with Crippen LogP contribution in [-0.4, -0.2) is 39.0 Å². The first-order chi connectivity index (χ1) is 11.2. The summed E-state index contributed by atoms with van der Waals surface area (Å²) in [6.45, 7) is 2.56. The molecule has 23 heavy (non-hydrogen) atoms. The molecule has 0 bridgehead atoms. The van der Waals surface area contributed by atoms with Gasteiger partial charge in [-0.25, -0.2) is 0 Å². The molecule has 1 fully saturated rings. The molecule has 1 saturated heterocycles. The molecular formula is C15H21N5O3. The fourth-order valence-corrected chi connectivity index (χ4v) is 3.07. The Morgan fingerprint density at radius 1 is 1.43 bits per heavy atom. The summed E-state index contributed by atoms with van der Waals surface area (Å²) < 4.78 is 7.22. The molecule has 8 nitrogen and oxygen atoms in total. The highest BCUT2D eigenvalue weighted by Gasteiger charge is 2.26. The minimum absolute atomic E-state index is 0.0554. The second-order valence-electron chi connectivity index (χ2n) is 5.79. The molecule has 0 saturated carbocycles. The molecule has 0 radical (unpaired) electrons. The predicted octanol–water partition coefficient (Wildman–Crippen LogP) is 2.56. The molecule has 1 N–H and O–H groups in total. The average Bonchev–Trinajstić information content (AvgIpc) is 3.19. The lowest BCUT2D eigenvalue weighted by atomic mass is 10.1. The number of aromatic nitrogens is 2. The van der Waals surface area contributed by atoms with Gasteiger partial charge in [-0.1, -0.05) is 6.42 Å². The summed E-state index contributed by atoms with van der Waals surface area (Å²) >= 11 is 0. The number of likely N-dealkylation sites (tertiary alicyclic amines) is 1. The maximum Gasteiger partial charge on any atom is 0.406 e. The molecule has 3 rings (SSSR count). The molecule has 0 aliphatic carbocycles. The first kappa shape index (κ1) is 15.5. The van der Waals surface area contributed by atoms with Gasteiger partial charge in [0.05, 0.1) is 12.3 Å². The summed E-state index contributed by atoms with van der Waals surface area (Å²) in [5.74, 6) is 1.15. The standard InChI is InChI=1S/C15H21N5O3/c1-18-11-17-15(20(21)22)14(18)16-10-12(13-6-5-9-23-13)19-7-3-2-4-8-19/h5-6,9,11-12,16H,2-4,7-8,10H2,1H3. The van der Waals surface area contributed by atoms with Gasteiger partial charge in [-0.3, -0.25) is 9.47 Å². The van der Waals surface area contributed by atoms with E-state index in [0.717, 1.165) is 18.8 Å². The van der Waals surface area contributed by atoms with Gasteiger partial charge in [0.25, 0.3) is 0 Å². The average molecular weight is 319 g/mol. The molecule has 3 heterocycles. The molecule has 1 aliphatic rings. The summed E-state index contributed by atoms with van der Waals surface area (Å²) in [6, 6.07) is 3.89. The SMILES string of the molecule is Cn1cnc([N+](=O)[O-])c1NCC(c1ccco1)N1CCCCC1. The van der Waals surface area contributed by atoms with Gasteiger partial charge in [-0.2, -0.15) is 0 Å².